The molecule has 0 aliphatic rings. The predicted molar refractivity (Wildman–Crippen MR) is 56.7 cm³/mol. The van der Waals surface area contributed by atoms with Gasteiger partial charge in [-0.25, -0.2) is 18.4 Å². The van der Waals surface area contributed by atoms with Crippen molar-refractivity contribution in [3.05, 3.63) is 30.5 Å². The van der Waals surface area contributed by atoms with E-state index in [-0.39, 0.29) is 4.90 Å². The molecule has 3 N–H and O–H groups in total. The number of benzene rings is 1. The quantitative estimate of drug-likeness (QED) is 0.770. The number of aromatic nitrogens is 1. The third-order valence-corrected chi connectivity index (χ3v) is 3.17. The maximum Gasteiger partial charge on any atom is 0.415 e. The van der Waals surface area contributed by atoms with E-state index < -0.39 is 16.1 Å². The Balaban J connectivity index is 2.87. The minimum atomic E-state index is -3.85. The fraction of sp³-hybridized carbons (Fsp3) is 0. The van der Waals surface area contributed by atoms with Crippen molar-refractivity contribution in [1.82, 2.24) is 4.57 Å². The van der Waals surface area contributed by atoms with Crippen LogP contribution in [0.3, 0.4) is 0 Å². The Hall–Kier alpha value is -1.86. The van der Waals surface area contributed by atoms with Crippen LogP contribution in [-0.2, 0) is 10.0 Å². The number of primary sulfonamides is 1. The largest absolute Gasteiger partial charge is 0.464 e. The normalized spacial score (nSPS) is 11.8. The zero-order valence-electron chi connectivity index (χ0n) is 7.99. The first kappa shape index (κ1) is 10.7. The topological polar surface area (TPSA) is 102 Å². The summed E-state index contributed by atoms with van der Waals surface area (Å²) in [6, 6.07) is 5.70. The number of carboxylic acid groups (broad SMARTS) is 1. The van der Waals surface area contributed by atoms with Crippen molar-refractivity contribution in [3.8, 4) is 0 Å². The highest BCUT2D eigenvalue weighted by molar-refractivity contribution is 7.89. The molecule has 1 aromatic heterocycles. The van der Waals surface area contributed by atoms with Crippen molar-refractivity contribution in [2.75, 3.05) is 0 Å². The number of carbonyl (C=O) groups is 1. The molecular weight excluding hydrogens is 232 g/mol. The van der Waals surface area contributed by atoms with Crippen molar-refractivity contribution in [2.45, 2.75) is 4.90 Å². The van der Waals surface area contributed by atoms with Crippen LogP contribution in [0.1, 0.15) is 0 Å². The van der Waals surface area contributed by atoms with Crippen LogP contribution in [0.15, 0.2) is 35.4 Å². The summed E-state index contributed by atoms with van der Waals surface area (Å²) in [5, 5.41) is 14.2. The summed E-state index contributed by atoms with van der Waals surface area (Å²) in [6.45, 7) is 0. The molecule has 0 bridgehead atoms. The second-order valence-corrected chi connectivity index (χ2v) is 4.73. The summed E-state index contributed by atoms with van der Waals surface area (Å²) in [4.78, 5) is 10.7. The van der Waals surface area contributed by atoms with Gasteiger partial charge in [0.15, 0.2) is 0 Å². The maximum atomic E-state index is 11.2. The van der Waals surface area contributed by atoms with Crippen LogP contribution in [0.4, 0.5) is 4.79 Å². The molecule has 2 aromatic rings. The molecule has 0 aliphatic heterocycles. The van der Waals surface area contributed by atoms with Crippen molar-refractivity contribution in [2.24, 2.45) is 5.14 Å². The average molecular weight is 240 g/mol. The Morgan fingerprint density at radius 1 is 1.31 bits per heavy atom. The summed E-state index contributed by atoms with van der Waals surface area (Å²) < 4.78 is 23.4. The number of rotatable bonds is 1. The van der Waals surface area contributed by atoms with E-state index in [2.05, 4.69) is 0 Å². The summed E-state index contributed by atoms with van der Waals surface area (Å²) >= 11 is 0. The molecule has 6 nitrogen and oxygen atoms in total. The molecule has 16 heavy (non-hydrogen) atoms. The van der Waals surface area contributed by atoms with Crippen molar-refractivity contribution >= 4 is 27.0 Å². The third kappa shape index (κ3) is 1.55. The number of fused-ring (bicyclic) bond motifs is 1. The van der Waals surface area contributed by atoms with Crippen molar-refractivity contribution in [3.63, 3.8) is 0 Å². The average Bonchev–Trinajstić information content (AvgIpc) is 2.58. The molecule has 0 aliphatic carbocycles. The monoisotopic (exact) mass is 240 g/mol. The highest BCUT2D eigenvalue weighted by Crippen LogP contribution is 2.22. The van der Waals surface area contributed by atoms with Gasteiger partial charge in [-0.2, -0.15) is 0 Å². The summed E-state index contributed by atoms with van der Waals surface area (Å²) in [7, 11) is -3.85. The number of hydrogen-bond acceptors (Lipinski definition) is 3. The Morgan fingerprint density at radius 3 is 2.56 bits per heavy atom. The van der Waals surface area contributed by atoms with Gasteiger partial charge < -0.3 is 5.11 Å². The molecule has 0 saturated heterocycles. The molecule has 0 amide bonds. The molecule has 0 spiro atoms. The minimum Gasteiger partial charge on any atom is -0.464 e. The third-order valence-electron chi connectivity index (χ3n) is 2.21. The van der Waals surface area contributed by atoms with E-state index >= 15 is 0 Å². The van der Waals surface area contributed by atoms with Gasteiger partial charge in [0.25, 0.3) is 0 Å². The van der Waals surface area contributed by atoms with Gasteiger partial charge in [-0.3, -0.25) is 4.57 Å². The van der Waals surface area contributed by atoms with Gasteiger partial charge in [0.2, 0.25) is 10.0 Å². The number of hydrogen-bond donors (Lipinski definition) is 2. The van der Waals surface area contributed by atoms with E-state index in [0.29, 0.717) is 10.9 Å². The number of sulfonamides is 1. The lowest BCUT2D eigenvalue weighted by Crippen LogP contribution is -2.12. The summed E-state index contributed by atoms with van der Waals surface area (Å²) in [5.41, 5.74) is 0.291. The first-order chi connectivity index (χ1) is 7.41. The molecule has 0 atom stereocenters. The molecule has 7 heteroatoms. The van der Waals surface area contributed by atoms with Crippen LogP contribution in [0.5, 0.6) is 0 Å². The fourth-order valence-electron chi connectivity index (χ4n) is 1.55. The zero-order chi connectivity index (χ0) is 11.9. The summed E-state index contributed by atoms with van der Waals surface area (Å²) in [6.07, 6.45) is 0.100. The van der Waals surface area contributed by atoms with Crippen molar-refractivity contribution in [1.29, 1.82) is 0 Å². The highest BCUT2D eigenvalue weighted by Gasteiger charge is 2.15. The zero-order valence-corrected chi connectivity index (χ0v) is 8.81. The standard InChI is InChI=1S/C9H8N2O4S/c10-16(14,15)8-3-1-2-7-6(8)4-5-11(7)9(12)13/h1-5H,(H,12,13)(H2,10,14,15). The van der Waals surface area contributed by atoms with E-state index in [1.54, 1.807) is 0 Å². The van der Waals surface area contributed by atoms with Gasteiger partial charge in [-0.15, -0.1) is 0 Å². The smallest absolute Gasteiger partial charge is 0.415 e. The lowest BCUT2D eigenvalue weighted by molar-refractivity contribution is 0.197. The molecule has 1 heterocycles. The predicted octanol–water partition coefficient (Wildman–Crippen LogP) is 0.815. The number of nitrogens with two attached hydrogens (primary N) is 1. The lowest BCUT2D eigenvalue weighted by atomic mass is 10.2. The molecule has 2 rings (SSSR count). The Bertz CT molecular complexity index is 672. The molecule has 1 aromatic carbocycles. The molecule has 84 valence electrons. The molecular formula is C9H8N2O4S. The van der Waals surface area contributed by atoms with E-state index in [1.807, 2.05) is 0 Å². The highest BCUT2D eigenvalue weighted by atomic mass is 32.2. The van der Waals surface area contributed by atoms with Gasteiger partial charge in [0, 0.05) is 11.6 Å². The second kappa shape index (κ2) is 3.32. The van der Waals surface area contributed by atoms with Crippen LogP contribution in [0, 0.1) is 0 Å². The lowest BCUT2D eigenvalue weighted by Gasteiger charge is -2.01. The fourth-order valence-corrected chi connectivity index (χ4v) is 2.30. The van der Waals surface area contributed by atoms with E-state index in [1.165, 1.54) is 30.5 Å². The first-order valence-corrected chi connectivity index (χ1v) is 5.82. The molecule has 0 fully saturated rings. The minimum absolute atomic E-state index is 0.0787. The van der Waals surface area contributed by atoms with Crippen LogP contribution in [0.2, 0.25) is 0 Å². The van der Waals surface area contributed by atoms with Crippen molar-refractivity contribution < 1.29 is 18.3 Å². The molecule has 0 unspecified atom stereocenters. The van der Waals surface area contributed by atoms with Crippen LogP contribution < -0.4 is 5.14 Å². The van der Waals surface area contributed by atoms with E-state index in [9.17, 15) is 13.2 Å². The van der Waals surface area contributed by atoms with Gasteiger partial charge >= 0.3 is 6.09 Å². The summed E-state index contributed by atoms with van der Waals surface area (Å²) in [5.74, 6) is 0. The second-order valence-electron chi connectivity index (χ2n) is 3.20. The molecule has 0 saturated carbocycles. The van der Waals surface area contributed by atoms with Gasteiger partial charge in [-0.1, -0.05) is 6.07 Å². The SMILES string of the molecule is NS(=O)(=O)c1cccc2c1ccn2C(=O)O. The Morgan fingerprint density at radius 2 is 2.00 bits per heavy atom. The van der Waals surface area contributed by atoms with Crippen LogP contribution >= 0.6 is 0 Å². The van der Waals surface area contributed by atoms with Crippen LogP contribution in [-0.4, -0.2) is 24.2 Å². The molecule has 0 radical (unpaired) electrons. The van der Waals surface area contributed by atoms with Gasteiger partial charge in [0.05, 0.1) is 10.4 Å². The van der Waals surface area contributed by atoms with Gasteiger partial charge in [-0.05, 0) is 18.2 Å². The van der Waals surface area contributed by atoms with E-state index in [4.69, 9.17) is 10.2 Å². The first-order valence-electron chi connectivity index (χ1n) is 4.27. The number of nitrogens with zero attached hydrogens (tertiary/aromatic N) is 1. The van der Waals surface area contributed by atoms with Gasteiger partial charge in [0.1, 0.15) is 0 Å². The Kier molecular flexibility index (Phi) is 2.21. The maximum absolute atomic E-state index is 11.2. The van der Waals surface area contributed by atoms with E-state index in [0.717, 1.165) is 4.57 Å². The van der Waals surface area contributed by atoms with Crippen LogP contribution in [0.25, 0.3) is 10.9 Å². The Labute approximate surface area is 91.0 Å².